The molecule has 0 aliphatic carbocycles. The van der Waals surface area contributed by atoms with E-state index in [0.29, 0.717) is 0 Å². The molecule has 0 radical (unpaired) electrons. The maximum Gasteiger partial charge on any atom is 0.573 e. The van der Waals surface area contributed by atoms with Crippen LogP contribution in [-0.4, -0.2) is 17.6 Å². The van der Waals surface area contributed by atoms with Crippen LogP contribution in [0.25, 0.3) is 0 Å². The van der Waals surface area contributed by atoms with Crippen molar-refractivity contribution in [1.82, 2.24) is 4.98 Å². The van der Waals surface area contributed by atoms with Gasteiger partial charge in [0, 0.05) is 6.20 Å². The van der Waals surface area contributed by atoms with E-state index in [9.17, 15) is 18.0 Å². The van der Waals surface area contributed by atoms with E-state index in [1.807, 2.05) is 0 Å². The number of carbonyl (C=O) groups is 1. The Morgan fingerprint density at radius 1 is 1.50 bits per heavy atom. The number of pyridine rings is 1. The van der Waals surface area contributed by atoms with Gasteiger partial charge in [0.2, 0.25) is 0 Å². The number of rotatable bonds is 2. The zero-order chi connectivity index (χ0) is 10.8. The van der Waals surface area contributed by atoms with Crippen LogP contribution < -0.4 is 4.74 Å². The fraction of sp³-hybridized carbons (Fsp3) is 0.143. The Labute approximate surface area is 81.5 Å². The molecule has 3 nitrogen and oxygen atoms in total. The molecule has 14 heavy (non-hydrogen) atoms. The van der Waals surface area contributed by atoms with Gasteiger partial charge in [-0.1, -0.05) is 11.6 Å². The molecule has 1 aromatic heterocycles. The lowest BCUT2D eigenvalue weighted by Gasteiger charge is -2.10. The smallest absolute Gasteiger partial charge is 0.402 e. The minimum absolute atomic E-state index is 0.132. The van der Waals surface area contributed by atoms with E-state index >= 15 is 0 Å². The number of hydrogen-bond donors (Lipinski definition) is 0. The second-order valence-corrected chi connectivity index (χ2v) is 2.58. The molecule has 0 aliphatic heterocycles. The summed E-state index contributed by atoms with van der Waals surface area (Å²) in [6, 6.07) is 1.09. The fourth-order valence-corrected chi connectivity index (χ4v) is 0.932. The second-order valence-electron chi connectivity index (χ2n) is 2.17. The number of halogens is 4. The van der Waals surface area contributed by atoms with E-state index in [1.165, 1.54) is 0 Å². The average molecular weight is 226 g/mol. The molecule has 0 spiro atoms. The maximum absolute atomic E-state index is 11.8. The largest absolute Gasteiger partial charge is 0.573 e. The van der Waals surface area contributed by atoms with Gasteiger partial charge < -0.3 is 4.74 Å². The standard InChI is InChI=1S/C7H3ClF3NO2/c8-4-1-2-12-5(3-13)6(4)14-7(9,10)11/h1-3H. The van der Waals surface area contributed by atoms with Crippen molar-refractivity contribution in [2.45, 2.75) is 6.36 Å². The van der Waals surface area contributed by atoms with Crippen molar-refractivity contribution in [2.24, 2.45) is 0 Å². The highest BCUT2D eigenvalue weighted by Gasteiger charge is 2.33. The maximum atomic E-state index is 11.8. The summed E-state index contributed by atoms with van der Waals surface area (Å²) in [5, 5.41) is -0.320. The third-order valence-corrected chi connectivity index (χ3v) is 1.51. The number of alkyl halides is 3. The Kier molecular flexibility index (Phi) is 2.95. The molecule has 76 valence electrons. The van der Waals surface area contributed by atoms with Crippen LogP contribution in [-0.2, 0) is 0 Å². The van der Waals surface area contributed by atoms with Crippen molar-refractivity contribution < 1.29 is 22.7 Å². The predicted octanol–water partition coefficient (Wildman–Crippen LogP) is 2.45. The number of aldehydes is 1. The zero-order valence-electron chi connectivity index (χ0n) is 6.51. The van der Waals surface area contributed by atoms with Gasteiger partial charge in [-0.2, -0.15) is 0 Å². The highest BCUT2D eigenvalue weighted by Crippen LogP contribution is 2.31. The monoisotopic (exact) mass is 225 g/mol. The first-order valence-electron chi connectivity index (χ1n) is 3.29. The van der Waals surface area contributed by atoms with E-state index in [4.69, 9.17) is 11.6 Å². The van der Waals surface area contributed by atoms with Crippen molar-refractivity contribution in [3.8, 4) is 5.75 Å². The van der Waals surface area contributed by atoms with Crippen LogP contribution in [0.5, 0.6) is 5.75 Å². The number of hydrogen-bond acceptors (Lipinski definition) is 3. The summed E-state index contributed by atoms with van der Waals surface area (Å²) in [4.78, 5) is 13.7. The van der Waals surface area contributed by atoms with Crippen LogP contribution in [0.4, 0.5) is 13.2 Å². The minimum Gasteiger partial charge on any atom is -0.402 e. The number of ether oxygens (including phenoxy) is 1. The summed E-state index contributed by atoms with van der Waals surface area (Å²) >= 11 is 5.39. The topological polar surface area (TPSA) is 39.2 Å². The van der Waals surface area contributed by atoms with Gasteiger partial charge >= 0.3 is 6.36 Å². The predicted molar refractivity (Wildman–Crippen MR) is 41.3 cm³/mol. The average Bonchev–Trinajstić information content (AvgIpc) is 2.06. The van der Waals surface area contributed by atoms with Gasteiger partial charge in [-0.05, 0) is 6.07 Å². The molecular formula is C7H3ClF3NO2. The molecule has 0 bridgehead atoms. The molecule has 0 aliphatic rings. The van der Waals surface area contributed by atoms with Crippen LogP contribution in [0.15, 0.2) is 12.3 Å². The van der Waals surface area contributed by atoms with E-state index in [2.05, 4.69) is 9.72 Å². The van der Waals surface area contributed by atoms with Gasteiger partial charge in [-0.3, -0.25) is 4.79 Å². The van der Waals surface area contributed by atoms with E-state index in [0.717, 1.165) is 12.3 Å². The molecule has 0 saturated heterocycles. The van der Waals surface area contributed by atoms with Crippen LogP contribution in [0.2, 0.25) is 5.02 Å². The lowest BCUT2D eigenvalue weighted by Crippen LogP contribution is -2.18. The van der Waals surface area contributed by atoms with Crippen LogP contribution in [0, 0.1) is 0 Å². The second kappa shape index (κ2) is 3.83. The molecule has 7 heteroatoms. The van der Waals surface area contributed by atoms with Gasteiger partial charge in [-0.15, -0.1) is 13.2 Å². The molecule has 0 unspecified atom stereocenters. The zero-order valence-corrected chi connectivity index (χ0v) is 7.26. The van der Waals surface area contributed by atoms with Crippen LogP contribution >= 0.6 is 11.6 Å². The van der Waals surface area contributed by atoms with Gasteiger partial charge in [-0.25, -0.2) is 4.98 Å². The van der Waals surface area contributed by atoms with Gasteiger partial charge in [0.15, 0.2) is 12.0 Å². The van der Waals surface area contributed by atoms with Crippen LogP contribution in [0.1, 0.15) is 10.5 Å². The van der Waals surface area contributed by atoms with Gasteiger partial charge in [0.1, 0.15) is 5.69 Å². The molecule has 1 rings (SSSR count). The molecule has 0 N–H and O–H groups in total. The lowest BCUT2D eigenvalue weighted by atomic mass is 10.3. The molecule has 0 amide bonds. The molecule has 1 heterocycles. The van der Waals surface area contributed by atoms with Crippen molar-refractivity contribution >= 4 is 17.9 Å². The number of aromatic nitrogens is 1. The Morgan fingerprint density at radius 3 is 2.64 bits per heavy atom. The summed E-state index contributed by atoms with van der Waals surface area (Å²) in [6.45, 7) is 0. The Balaban J connectivity index is 3.11. The van der Waals surface area contributed by atoms with Gasteiger partial charge in [0.05, 0.1) is 5.02 Å². The Morgan fingerprint density at radius 2 is 2.14 bits per heavy atom. The summed E-state index contributed by atoms with van der Waals surface area (Å²) in [6.07, 6.45) is -3.66. The SMILES string of the molecule is O=Cc1nccc(Cl)c1OC(F)(F)F. The quantitative estimate of drug-likeness (QED) is 0.726. The minimum atomic E-state index is -4.90. The summed E-state index contributed by atoms with van der Waals surface area (Å²) in [5.41, 5.74) is -0.491. The molecule has 0 fully saturated rings. The summed E-state index contributed by atoms with van der Waals surface area (Å²) < 4.78 is 39.0. The van der Waals surface area contributed by atoms with E-state index in [1.54, 1.807) is 0 Å². The Hall–Kier alpha value is -1.30. The van der Waals surface area contributed by atoms with Gasteiger partial charge in [0.25, 0.3) is 0 Å². The Bertz CT molecular complexity index is 353. The first-order chi connectivity index (χ1) is 6.44. The van der Waals surface area contributed by atoms with Crippen molar-refractivity contribution in [2.75, 3.05) is 0 Å². The third kappa shape index (κ3) is 2.59. The van der Waals surface area contributed by atoms with Crippen molar-refractivity contribution in [3.63, 3.8) is 0 Å². The highest BCUT2D eigenvalue weighted by molar-refractivity contribution is 6.32. The normalized spacial score (nSPS) is 11.1. The third-order valence-electron chi connectivity index (χ3n) is 1.21. The molecule has 0 saturated carbocycles. The first-order valence-corrected chi connectivity index (χ1v) is 3.67. The molecule has 0 atom stereocenters. The first kappa shape index (κ1) is 10.8. The van der Waals surface area contributed by atoms with Crippen LogP contribution in [0.3, 0.4) is 0 Å². The number of nitrogens with zero attached hydrogens (tertiary/aromatic N) is 1. The summed E-state index contributed by atoms with van der Waals surface area (Å²) in [5.74, 6) is -0.781. The molecular weight excluding hydrogens is 223 g/mol. The van der Waals surface area contributed by atoms with E-state index in [-0.39, 0.29) is 11.3 Å². The summed E-state index contributed by atoms with van der Waals surface area (Å²) in [7, 11) is 0. The van der Waals surface area contributed by atoms with E-state index < -0.39 is 17.8 Å². The highest BCUT2D eigenvalue weighted by atomic mass is 35.5. The molecule has 0 aromatic carbocycles. The lowest BCUT2D eigenvalue weighted by molar-refractivity contribution is -0.274. The van der Waals surface area contributed by atoms with Crippen molar-refractivity contribution in [1.29, 1.82) is 0 Å². The molecule has 1 aromatic rings. The number of carbonyl (C=O) groups excluding carboxylic acids is 1. The fourth-order valence-electron chi connectivity index (χ4n) is 0.740. The van der Waals surface area contributed by atoms with Crippen molar-refractivity contribution in [3.05, 3.63) is 23.0 Å².